The maximum Gasteiger partial charge on any atom is 0.308 e. The number of hydrogen-bond donors (Lipinski definition) is 4. The molecule has 0 saturated carbocycles. The maximum absolute atomic E-state index is 13.2. The predicted molar refractivity (Wildman–Crippen MR) is 189 cm³/mol. The van der Waals surface area contributed by atoms with Crippen molar-refractivity contribution in [2.45, 2.75) is 116 Å². The van der Waals surface area contributed by atoms with Crippen LogP contribution in [0, 0.1) is 23.7 Å². The van der Waals surface area contributed by atoms with Gasteiger partial charge in [-0.25, -0.2) is 0 Å². The number of allylic oxidation sites excluding steroid dienone is 3. The SMILES string of the molecule is CC[C@H]1OC(=O)C[C@@H](O)[C@H](C)[C@@H](O[C@@H]2O[C@H](C)[C@@H](O)[C@H](N(C)C)[C@H]2O)[C@@H](CC=O)C[C@@H](C)C(=N\OCc2ccccc2)/C=C/C(C)=C/C1CO. The summed E-state index contributed by atoms with van der Waals surface area (Å²) >= 11 is 0. The van der Waals surface area contributed by atoms with Gasteiger partial charge in [-0.1, -0.05) is 74.0 Å². The highest BCUT2D eigenvalue weighted by atomic mass is 16.7. The zero-order valence-electron chi connectivity index (χ0n) is 30.5. The number of aldehydes is 1. The molecule has 0 bridgehead atoms. The Kier molecular flexibility index (Phi) is 16.7. The molecular weight excluding hydrogens is 644 g/mol. The average Bonchev–Trinajstić information content (AvgIpc) is 3.08. The summed E-state index contributed by atoms with van der Waals surface area (Å²) < 4.78 is 18.3. The van der Waals surface area contributed by atoms with E-state index in [4.69, 9.17) is 19.0 Å². The molecule has 1 unspecified atom stereocenters. The van der Waals surface area contributed by atoms with Gasteiger partial charge in [0.25, 0.3) is 0 Å². The van der Waals surface area contributed by atoms with Crippen LogP contribution in [0.1, 0.15) is 65.9 Å². The molecule has 280 valence electrons. The number of aliphatic hydroxyl groups is 4. The van der Waals surface area contributed by atoms with E-state index in [9.17, 15) is 30.0 Å². The lowest BCUT2D eigenvalue weighted by atomic mass is 9.79. The second-order valence-electron chi connectivity index (χ2n) is 14.0. The summed E-state index contributed by atoms with van der Waals surface area (Å²) in [6.45, 7) is 9.10. The fraction of sp³-hybridized carbons (Fsp3) is 0.658. The quantitative estimate of drug-likeness (QED) is 0.160. The molecule has 2 aliphatic rings. The van der Waals surface area contributed by atoms with Gasteiger partial charge in [-0.2, -0.15) is 0 Å². The Morgan fingerprint density at radius 2 is 1.76 bits per heavy atom. The molecule has 0 aliphatic carbocycles. The van der Waals surface area contributed by atoms with Crippen LogP contribution in [0.2, 0.25) is 0 Å². The minimum atomic E-state index is -1.26. The molecule has 12 nitrogen and oxygen atoms in total. The van der Waals surface area contributed by atoms with Crippen LogP contribution in [-0.2, 0) is 35.2 Å². The standard InChI is InChI=1S/C38H58N2O10/c1-8-32-29(21-42)18-23(2)14-15-30(39-47-22-27-12-10-9-11-13-27)24(3)19-28(16-17-41)37(25(4)31(43)20-33(44)49-32)50-38-36(46)34(40(6)7)35(45)26(5)48-38/h9-15,17-18,24-26,28-29,31-32,34-38,42-43,45-46H,8,16,19-22H2,1-7H3/b15-14+,23-18+,39-30-/t24-,25+,26-,28+,29?,31-,32-,34+,35-,36-,37-,38+/m1/s1. The van der Waals surface area contributed by atoms with Crippen molar-refractivity contribution >= 4 is 18.0 Å². The summed E-state index contributed by atoms with van der Waals surface area (Å²) in [5, 5.41) is 48.4. The molecule has 0 amide bonds. The van der Waals surface area contributed by atoms with Gasteiger partial charge < -0.3 is 49.2 Å². The van der Waals surface area contributed by atoms with Crippen molar-refractivity contribution in [1.29, 1.82) is 0 Å². The highest BCUT2D eigenvalue weighted by molar-refractivity contribution is 5.96. The zero-order valence-corrected chi connectivity index (χ0v) is 30.5. The normalized spacial score (nSPS) is 37.5. The highest BCUT2D eigenvalue weighted by Gasteiger charge is 2.47. The largest absolute Gasteiger partial charge is 0.462 e. The molecule has 1 aromatic carbocycles. The molecule has 0 aromatic heterocycles. The Balaban J connectivity index is 2.07. The summed E-state index contributed by atoms with van der Waals surface area (Å²) in [4.78, 5) is 32.9. The number of benzene rings is 1. The zero-order chi connectivity index (χ0) is 37.0. The van der Waals surface area contributed by atoms with Gasteiger partial charge in [0.05, 0.1) is 49.2 Å². The van der Waals surface area contributed by atoms with E-state index in [1.165, 1.54) is 0 Å². The number of rotatable bonds is 10. The third kappa shape index (κ3) is 11.5. The first-order chi connectivity index (χ1) is 23.8. The first kappa shape index (κ1) is 41.5. The molecule has 2 heterocycles. The summed E-state index contributed by atoms with van der Waals surface area (Å²) in [6.07, 6.45) is -0.0801. The van der Waals surface area contributed by atoms with Crippen molar-refractivity contribution in [3.8, 4) is 0 Å². The number of hydrogen-bond acceptors (Lipinski definition) is 12. The van der Waals surface area contributed by atoms with Gasteiger partial charge in [0, 0.05) is 24.2 Å². The van der Waals surface area contributed by atoms with E-state index in [0.29, 0.717) is 18.6 Å². The Morgan fingerprint density at radius 3 is 2.38 bits per heavy atom. The van der Waals surface area contributed by atoms with E-state index in [1.54, 1.807) is 32.8 Å². The van der Waals surface area contributed by atoms with Crippen LogP contribution in [0.15, 0.2) is 59.3 Å². The van der Waals surface area contributed by atoms with Crippen LogP contribution in [-0.4, -0.2) is 113 Å². The summed E-state index contributed by atoms with van der Waals surface area (Å²) in [5.41, 5.74) is 2.35. The lowest BCUT2D eigenvalue weighted by Crippen LogP contribution is -2.63. The Morgan fingerprint density at radius 1 is 1.06 bits per heavy atom. The second-order valence-corrected chi connectivity index (χ2v) is 14.0. The van der Waals surface area contributed by atoms with Gasteiger partial charge in [-0.3, -0.25) is 4.79 Å². The van der Waals surface area contributed by atoms with Crippen molar-refractivity contribution in [3.63, 3.8) is 0 Å². The van der Waals surface area contributed by atoms with Gasteiger partial charge in [0.15, 0.2) is 6.29 Å². The van der Waals surface area contributed by atoms with Crippen molar-refractivity contribution in [1.82, 2.24) is 4.90 Å². The number of oxime groups is 1. The third-order valence-corrected chi connectivity index (χ3v) is 9.83. The van der Waals surface area contributed by atoms with E-state index >= 15 is 0 Å². The third-order valence-electron chi connectivity index (χ3n) is 9.83. The molecule has 50 heavy (non-hydrogen) atoms. The van der Waals surface area contributed by atoms with Gasteiger partial charge in [-0.15, -0.1) is 0 Å². The molecular formula is C38H58N2O10. The summed E-state index contributed by atoms with van der Waals surface area (Å²) in [5.74, 6) is -2.64. The Hall–Kier alpha value is -2.97. The van der Waals surface area contributed by atoms with E-state index in [-0.39, 0.29) is 32.0 Å². The molecule has 12 heteroatoms. The van der Waals surface area contributed by atoms with Crippen molar-refractivity contribution in [2.24, 2.45) is 28.8 Å². The minimum absolute atomic E-state index is 0.0471. The Bertz CT molecular complexity index is 1290. The van der Waals surface area contributed by atoms with Gasteiger partial charge in [0.1, 0.15) is 25.1 Å². The van der Waals surface area contributed by atoms with E-state index in [0.717, 1.165) is 17.4 Å². The van der Waals surface area contributed by atoms with Gasteiger partial charge in [-0.05, 0) is 58.3 Å². The van der Waals surface area contributed by atoms with Crippen molar-refractivity contribution in [2.75, 3.05) is 20.7 Å². The molecule has 0 spiro atoms. The number of carbonyl (C=O) groups excluding carboxylic acids is 2. The maximum atomic E-state index is 13.2. The predicted octanol–water partition coefficient (Wildman–Crippen LogP) is 3.41. The number of esters is 1. The summed E-state index contributed by atoms with van der Waals surface area (Å²) in [7, 11) is 3.48. The first-order valence-corrected chi connectivity index (χ1v) is 17.7. The smallest absolute Gasteiger partial charge is 0.308 e. The van der Waals surface area contributed by atoms with Crippen LogP contribution in [0.4, 0.5) is 0 Å². The van der Waals surface area contributed by atoms with Crippen molar-refractivity contribution < 1.29 is 49.1 Å². The molecule has 1 saturated heterocycles. The summed E-state index contributed by atoms with van der Waals surface area (Å²) in [6, 6.07) is 8.93. The van der Waals surface area contributed by atoms with E-state index < -0.39 is 72.7 Å². The molecule has 1 aromatic rings. The molecule has 2 aliphatic heterocycles. The molecule has 3 rings (SSSR count). The van der Waals surface area contributed by atoms with E-state index in [2.05, 4.69) is 5.16 Å². The number of aliphatic hydroxyl groups excluding tert-OH is 4. The number of likely N-dealkylation sites (N-methyl/N-ethyl adjacent to an activating group) is 1. The molecule has 4 N–H and O–H groups in total. The topological polar surface area (TPSA) is 168 Å². The fourth-order valence-corrected chi connectivity index (χ4v) is 6.81. The van der Waals surface area contributed by atoms with Crippen LogP contribution in [0.25, 0.3) is 0 Å². The Labute approximate surface area is 296 Å². The van der Waals surface area contributed by atoms with Crippen LogP contribution >= 0.6 is 0 Å². The van der Waals surface area contributed by atoms with Crippen LogP contribution in [0.5, 0.6) is 0 Å². The van der Waals surface area contributed by atoms with Gasteiger partial charge in [0.2, 0.25) is 0 Å². The van der Waals surface area contributed by atoms with Gasteiger partial charge >= 0.3 is 5.97 Å². The number of nitrogens with zero attached hydrogens (tertiary/aromatic N) is 2. The van der Waals surface area contributed by atoms with E-state index in [1.807, 2.05) is 69.3 Å². The number of ether oxygens (including phenoxy) is 3. The van der Waals surface area contributed by atoms with Crippen LogP contribution in [0.3, 0.4) is 0 Å². The fourth-order valence-electron chi connectivity index (χ4n) is 6.81. The van der Waals surface area contributed by atoms with Crippen molar-refractivity contribution in [3.05, 3.63) is 59.7 Å². The second kappa shape index (κ2) is 20.2. The highest BCUT2D eigenvalue weighted by Crippen LogP contribution is 2.34. The molecule has 0 radical (unpaired) electrons. The monoisotopic (exact) mass is 702 g/mol. The van der Waals surface area contributed by atoms with Crippen LogP contribution < -0.4 is 0 Å². The first-order valence-electron chi connectivity index (χ1n) is 17.7. The minimum Gasteiger partial charge on any atom is -0.462 e. The molecule has 12 atom stereocenters. The lowest BCUT2D eigenvalue weighted by molar-refractivity contribution is -0.304. The number of cyclic esters (lactones) is 1. The number of carbonyl (C=O) groups is 2. The lowest BCUT2D eigenvalue weighted by Gasteiger charge is -2.46. The molecule has 1 fully saturated rings. The average molecular weight is 703 g/mol.